The van der Waals surface area contributed by atoms with Crippen LogP contribution in [-0.4, -0.2) is 15.0 Å². The molecule has 4 nitrogen and oxygen atoms in total. The highest BCUT2D eigenvalue weighted by atomic mass is 35.5. The lowest BCUT2D eigenvalue weighted by Gasteiger charge is -2.09. The molecule has 0 unspecified atom stereocenters. The number of aromatic nitrogens is 3. The monoisotopic (exact) mass is 364 g/mol. The van der Waals surface area contributed by atoms with Gasteiger partial charge < -0.3 is 5.73 Å². The van der Waals surface area contributed by atoms with Crippen LogP contribution in [0.1, 0.15) is 11.3 Å². The summed E-state index contributed by atoms with van der Waals surface area (Å²) in [6.07, 6.45) is 0.531. The highest BCUT2D eigenvalue weighted by Crippen LogP contribution is 2.24. The minimum Gasteiger partial charge on any atom is -0.368 e. The Bertz CT molecular complexity index is 1100. The van der Waals surface area contributed by atoms with E-state index < -0.39 is 0 Å². The second-order valence-electron chi connectivity index (χ2n) is 5.91. The van der Waals surface area contributed by atoms with E-state index in [-0.39, 0.29) is 11.8 Å². The molecule has 0 aliphatic heterocycles. The zero-order valence-electron chi connectivity index (χ0n) is 13.7. The van der Waals surface area contributed by atoms with Gasteiger partial charge in [-0.1, -0.05) is 23.7 Å². The zero-order chi connectivity index (χ0) is 18.1. The Kier molecular flexibility index (Phi) is 4.22. The van der Waals surface area contributed by atoms with Gasteiger partial charge in [0.05, 0.1) is 16.9 Å². The molecular formula is C20H14ClFN4. The predicted molar refractivity (Wildman–Crippen MR) is 101 cm³/mol. The first kappa shape index (κ1) is 16.4. The summed E-state index contributed by atoms with van der Waals surface area (Å²) in [5.41, 5.74) is 10.5. The zero-order valence-corrected chi connectivity index (χ0v) is 14.4. The average Bonchev–Trinajstić information content (AvgIpc) is 2.62. The molecule has 0 bridgehead atoms. The van der Waals surface area contributed by atoms with E-state index in [4.69, 9.17) is 22.3 Å². The van der Waals surface area contributed by atoms with Crippen LogP contribution < -0.4 is 5.73 Å². The number of benzene rings is 2. The quantitative estimate of drug-likeness (QED) is 0.574. The molecule has 0 aliphatic rings. The summed E-state index contributed by atoms with van der Waals surface area (Å²) in [5.74, 6) is -0.0850. The standard InChI is InChI=1S/C20H14ClFN4/c21-14-3-1-2-12(10-14)11-18-19-17(25-20(23)26-18)9-8-16(24-19)13-4-6-15(22)7-5-13/h1-10H,11H2,(H2,23,25,26). The van der Waals surface area contributed by atoms with Crippen LogP contribution in [0.15, 0.2) is 60.7 Å². The number of anilines is 1. The SMILES string of the molecule is Nc1nc(Cc2cccc(Cl)c2)c2nc(-c3ccc(F)cc3)ccc2n1. The molecule has 26 heavy (non-hydrogen) atoms. The second kappa shape index (κ2) is 6.69. The number of nitrogens with zero attached hydrogens (tertiary/aromatic N) is 3. The number of nitrogens with two attached hydrogens (primary N) is 1. The van der Waals surface area contributed by atoms with E-state index >= 15 is 0 Å². The van der Waals surface area contributed by atoms with Gasteiger partial charge in [0.2, 0.25) is 5.95 Å². The number of hydrogen-bond acceptors (Lipinski definition) is 4. The number of hydrogen-bond donors (Lipinski definition) is 1. The first-order valence-corrected chi connectivity index (χ1v) is 8.40. The van der Waals surface area contributed by atoms with E-state index in [2.05, 4.69) is 9.97 Å². The van der Waals surface area contributed by atoms with Gasteiger partial charge in [-0.25, -0.2) is 19.3 Å². The fraction of sp³-hybridized carbons (Fsp3) is 0.0500. The van der Waals surface area contributed by atoms with Crippen molar-refractivity contribution in [3.05, 3.63) is 82.8 Å². The molecule has 2 N–H and O–H groups in total. The molecule has 0 aliphatic carbocycles. The number of pyridine rings is 1. The maximum absolute atomic E-state index is 13.2. The van der Waals surface area contributed by atoms with Crippen molar-refractivity contribution in [2.24, 2.45) is 0 Å². The van der Waals surface area contributed by atoms with E-state index in [9.17, 15) is 4.39 Å². The van der Waals surface area contributed by atoms with Crippen LogP contribution in [0.2, 0.25) is 5.02 Å². The third-order valence-corrected chi connectivity index (χ3v) is 4.27. The number of rotatable bonds is 3. The Morgan fingerprint density at radius 1 is 0.923 bits per heavy atom. The maximum Gasteiger partial charge on any atom is 0.220 e. The van der Waals surface area contributed by atoms with Crippen LogP contribution in [0.5, 0.6) is 0 Å². The molecule has 2 aromatic carbocycles. The third-order valence-electron chi connectivity index (χ3n) is 4.03. The molecule has 4 rings (SSSR count). The smallest absolute Gasteiger partial charge is 0.220 e. The minimum atomic E-state index is -0.285. The van der Waals surface area contributed by atoms with Crippen molar-refractivity contribution in [2.75, 3.05) is 5.73 Å². The second-order valence-corrected chi connectivity index (χ2v) is 6.34. The van der Waals surface area contributed by atoms with Gasteiger partial charge in [-0.3, -0.25) is 0 Å². The van der Waals surface area contributed by atoms with Crippen molar-refractivity contribution in [1.29, 1.82) is 0 Å². The van der Waals surface area contributed by atoms with Gasteiger partial charge in [0, 0.05) is 17.0 Å². The topological polar surface area (TPSA) is 64.7 Å². The molecule has 0 radical (unpaired) electrons. The molecule has 0 saturated carbocycles. The van der Waals surface area contributed by atoms with Crippen molar-refractivity contribution < 1.29 is 4.39 Å². The lowest BCUT2D eigenvalue weighted by atomic mass is 10.1. The van der Waals surface area contributed by atoms with Gasteiger partial charge in [0.1, 0.15) is 11.3 Å². The van der Waals surface area contributed by atoms with Gasteiger partial charge in [0.25, 0.3) is 0 Å². The van der Waals surface area contributed by atoms with Crippen molar-refractivity contribution in [1.82, 2.24) is 15.0 Å². The highest BCUT2D eigenvalue weighted by Gasteiger charge is 2.11. The lowest BCUT2D eigenvalue weighted by Crippen LogP contribution is -2.03. The Labute approximate surface area is 154 Å². The summed E-state index contributed by atoms with van der Waals surface area (Å²) < 4.78 is 13.2. The molecule has 4 aromatic rings. The average molecular weight is 365 g/mol. The van der Waals surface area contributed by atoms with Crippen LogP contribution >= 0.6 is 11.6 Å². The van der Waals surface area contributed by atoms with Crippen molar-refractivity contribution in [3.8, 4) is 11.3 Å². The number of halogens is 2. The van der Waals surface area contributed by atoms with Gasteiger partial charge in [0.15, 0.2) is 0 Å². The van der Waals surface area contributed by atoms with E-state index in [1.54, 1.807) is 12.1 Å². The first-order valence-electron chi connectivity index (χ1n) is 8.02. The fourth-order valence-corrected chi connectivity index (χ4v) is 3.05. The van der Waals surface area contributed by atoms with Gasteiger partial charge in [-0.05, 0) is 54.1 Å². The Morgan fingerprint density at radius 3 is 2.50 bits per heavy atom. The third kappa shape index (κ3) is 3.34. The largest absolute Gasteiger partial charge is 0.368 e. The molecule has 0 saturated heterocycles. The molecule has 2 heterocycles. The van der Waals surface area contributed by atoms with E-state index in [0.29, 0.717) is 22.5 Å². The van der Waals surface area contributed by atoms with Crippen LogP contribution in [0.4, 0.5) is 10.3 Å². The summed E-state index contributed by atoms with van der Waals surface area (Å²) in [6, 6.07) is 17.5. The first-order chi connectivity index (χ1) is 12.6. The van der Waals surface area contributed by atoms with Crippen molar-refractivity contribution in [2.45, 2.75) is 6.42 Å². The molecule has 0 amide bonds. The molecule has 6 heteroatoms. The van der Waals surface area contributed by atoms with Crippen LogP contribution in [0.25, 0.3) is 22.3 Å². The van der Waals surface area contributed by atoms with E-state index in [1.165, 1.54) is 12.1 Å². The minimum absolute atomic E-state index is 0.200. The Hall–Kier alpha value is -3.05. The molecule has 128 valence electrons. The molecule has 0 spiro atoms. The molecule has 2 aromatic heterocycles. The number of fused-ring (bicyclic) bond motifs is 1. The van der Waals surface area contributed by atoms with Gasteiger partial charge in [-0.2, -0.15) is 0 Å². The summed E-state index contributed by atoms with van der Waals surface area (Å²) >= 11 is 6.07. The molecular weight excluding hydrogens is 351 g/mol. The van der Waals surface area contributed by atoms with Crippen molar-refractivity contribution in [3.63, 3.8) is 0 Å². The number of nitrogen functional groups attached to an aromatic ring is 1. The summed E-state index contributed by atoms with van der Waals surface area (Å²) in [4.78, 5) is 13.3. The molecule has 0 atom stereocenters. The van der Waals surface area contributed by atoms with E-state index in [0.717, 1.165) is 22.5 Å². The maximum atomic E-state index is 13.2. The highest BCUT2D eigenvalue weighted by molar-refractivity contribution is 6.30. The van der Waals surface area contributed by atoms with Crippen LogP contribution in [-0.2, 0) is 6.42 Å². The predicted octanol–water partition coefficient (Wildman–Crippen LogP) is 4.66. The van der Waals surface area contributed by atoms with Crippen LogP contribution in [0, 0.1) is 5.82 Å². The van der Waals surface area contributed by atoms with E-state index in [1.807, 2.05) is 36.4 Å². The summed E-state index contributed by atoms with van der Waals surface area (Å²) in [6.45, 7) is 0. The lowest BCUT2D eigenvalue weighted by molar-refractivity contribution is 0.628. The van der Waals surface area contributed by atoms with Crippen LogP contribution in [0.3, 0.4) is 0 Å². The fourth-order valence-electron chi connectivity index (χ4n) is 2.84. The normalized spacial score (nSPS) is 11.0. The van der Waals surface area contributed by atoms with Gasteiger partial charge >= 0.3 is 0 Å². The summed E-state index contributed by atoms with van der Waals surface area (Å²) in [5, 5.41) is 0.661. The Balaban J connectivity index is 1.83. The van der Waals surface area contributed by atoms with Gasteiger partial charge in [-0.15, -0.1) is 0 Å². The Morgan fingerprint density at radius 2 is 1.73 bits per heavy atom. The summed E-state index contributed by atoms with van der Waals surface area (Å²) in [7, 11) is 0. The molecule has 0 fully saturated rings. The van der Waals surface area contributed by atoms with Crippen molar-refractivity contribution >= 4 is 28.6 Å².